The van der Waals surface area contributed by atoms with Crippen LogP contribution < -0.4 is 0 Å². The van der Waals surface area contributed by atoms with Crippen molar-refractivity contribution in [3.8, 4) is 0 Å². The van der Waals surface area contributed by atoms with E-state index in [1.54, 1.807) is 0 Å². The number of rotatable bonds is 8. The van der Waals surface area contributed by atoms with Crippen molar-refractivity contribution >= 4 is 0 Å². The van der Waals surface area contributed by atoms with Crippen LogP contribution in [0.4, 0.5) is 0 Å². The summed E-state index contributed by atoms with van der Waals surface area (Å²) in [6.07, 6.45) is 3.36. The van der Waals surface area contributed by atoms with Crippen LogP contribution in [-0.2, 0) is 18.9 Å². The average molecular weight is 232 g/mol. The van der Waals surface area contributed by atoms with E-state index in [2.05, 4.69) is 13.8 Å². The number of hydrogen-bond acceptors (Lipinski definition) is 4. The summed E-state index contributed by atoms with van der Waals surface area (Å²) >= 11 is 0. The van der Waals surface area contributed by atoms with Gasteiger partial charge in [0.15, 0.2) is 0 Å². The van der Waals surface area contributed by atoms with E-state index in [4.69, 9.17) is 18.9 Å². The second kappa shape index (κ2) is 8.93. The highest BCUT2D eigenvalue weighted by atomic mass is 16.6. The van der Waals surface area contributed by atoms with E-state index in [9.17, 15) is 0 Å². The van der Waals surface area contributed by atoms with Gasteiger partial charge in [-0.05, 0) is 0 Å². The first-order valence-corrected chi connectivity index (χ1v) is 6.25. The van der Waals surface area contributed by atoms with Crippen molar-refractivity contribution in [1.29, 1.82) is 0 Å². The quantitative estimate of drug-likeness (QED) is 0.471. The smallest absolute Gasteiger partial charge is 0.104 e. The van der Waals surface area contributed by atoms with Crippen LogP contribution >= 0.6 is 0 Å². The van der Waals surface area contributed by atoms with E-state index in [0.717, 1.165) is 13.2 Å². The summed E-state index contributed by atoms with van der Waals surface area (Å²) in [5.41, 5.74) is 0. The SMILES string of the molecule is C(COCC1CO1)OCC1CO1.CCCC. The van der Waals surface area contributed by atoms with Crippen molar-refractivity contribution in [3.05, 3.63) is 0 Å². The first-order chi connectivity index (χ1) is 7.86. The van der Waals surface area contributed by atoms with Gasteiger partial charge in [-0.3, -0.25) is 0 Å². The molecule has 4 nitrogen and oxygen atoms in total. The fraction of sp³-hybridized carbons (Fsp3) is 1.00. The molecular weight excluding hydrogens is 208 g/mol. The molecule has 96 valence electrons. The number of unbranched alkanes of at least 4 members (excludes halogenated alkanes) is 1. The minimum atomic E-state index is 0.358. The summed E-state index contributed by atoms with van der Waals surface area (Å²) in [4.78, 5) is 0. The third-order valence-corrected chi connectivity index (χ3v) is 2.28. The Morgan fingerprint density at radius 2 is 1.25 bits per heavy atom. The van der Waals surface area contributed by atoms with E-state index in [0.29, 0.717) is 38.6 Å². The van der Waals surface area contributed by atoms with Gasteiger partial charge in [0, 0.05) is 0 Å². The molecule has 2 aliphatic heterocycles. The van der Waals surface area contributed by atoms with Crippen LogP contribution in [0.3, 0.4) is 0 Å². The molecule has 0 aromatic rings. The molecule has 4 heteroatoms. The van der Waals surface area contributed by atoms with Crippen molar-refractivity contribution in [1.82, 2.24) is 0 Å². The number of ether oxygens (including phenoxy) is 4. The standard InChI is InChI=1S/C8H14O4.C4H10/c1(9-3-7-5-11-7)2-10-4-8-6-12-8;1-3-4-2/h7-8H,1-6H2;3-4H2,1-2H3. The molecule has 0 aliphatic carbocycles. The third-order valence-electron chi connectivity index (χ3n) is 2.28. The topological polar surface area (TPSA) is 43.5 Å². The van der Waals surface area contributed by atoms with E-state index in [1.165, 1.54) is 12.8 Å². The highest BCUT2D eigenvalue weighted by Crippen LogP contribution is 2.09. The van der Waals surface area contributed by atoms with Crippen LogP contribution in [0.2, 0.25) is 0 Å². The zero-order chi connectivity index (χ0) is 11.6. The average Bonchev–Trinajstić information content (AvgIpc) is 3.16. The second-order valence-corrected chi connectivity index (χ2v) is 4.06. The summed E-state index contributed by atoms with van der Waals surface area (Å²) < 4.78 is 20.5. The van der Waals surface area contributed by atoms with Gasteiger partial charge in [0.25, 0.3) is 0 Å². The molecule has 0 amide bonds. The van der Waals surface area contributed by atoms with Gasteiger partial charge in [0.2, 0.25) is 0 Å². The Labute approximate surface area is 98.2 Å². The van der Waals surface area contributed by atoms with Crippen LogP contribution in [-0.4, -0.2) is 51.8 Å². The summed E-state index contributed by atoms with van der Waals surface area (Å²) in [6.45, 7) is 8.82. The Morgan fingerprint density at radius 3 is 1.50 bits per heavy atom. The molecule has 0 spiro atoms. The Kier molecular flexibility index (Phi) is 7.76. The Hall–Kier alpha value is -0.160. The molecule has 2 heterocycles. The van der Waals surface area contributed by atoms with Crippen molar-refractivity contribution in [2.45, 2.75) is 38.9 Å². The van der Waals surface area contributed by atoms with Crippen molar-refractivity contribution < 1.29 is 18.9 Å². The monoisotopic (exact) mass is 232 g/mol. The maximum atomic E-state index is 5.27. The molecule has 0 N–H and O–H groups in total. The largest absolute Gasteiger partial charge is 0.376 e. The summed E-state index contributed by atoms with van der Waals surface area (Å²) in [5, 5.41) is 0. The molecule has 0 aromatic heterocycles. The van der Waals surface area contributed by atoms with Gasteiger partial charge >= 0.3 is 0 Å². The summed E-state index contributed by atoms with van der Waals surface area (Å²) in [5.74, 6) is 0. The second-order valence-electron chi connectivity index (χ2n) is 4.06. The van der Waals surface area contributed by atoms with Gasteiger partial charge in [-0.2, -0.15) is 0 Å². The van der Waals surface area contributed by atoms with Gasteiger partial charge in [0.1, 0.15) is 12.2 Å². The molecule has 2 saturated heterocycles. The Balaban J connectivity index is 0.000000280. The molecule has 0 aromatic carbocycles. The van der Waals surface area contributed by atoms with Gasteiger partial charge in [-0.1, -0.05) is 26.7 Å². The lowest BCUT2D eigenvalue weighted by Crippen LogP contribution is -2.10. The van der Waals surface area contributed by atoms with Crippen LogP contribution in [0.25, 0.3) is 0 Å². The van der Waals surface area contributed by atoms with E-state index < -0.39 is 0 Å². The minimum Gasteiger partial charge on any atom is -0.376 e. The highest BCUT2D eigenvalue weighted by molar-refractivity contribution is 4.68. The fourth-order valence-corrected chi connectivity index (χ4v) is 0.876. The van der Waals surface area contributed by atoms with Gasteiger partial charge in [0.05, 0.1) is 39.6 Å². The van der Waals surface area contributed by atoms with E-state index in [1.807, 2.05) is 0 Å². The van der Waals surface area contributed by atoms with Gasteiger partial charge < -0.3 is 18.9 Å². The molecule has 0 bridgehead atoms. The third kappa shape index (κ3) is 9.09. The molecule has 2 rings (SSSR count). The zero-order valence-corrected chi connectivity index (χ0v) is 10.4. The van der Waals surface area contributed by atoms with E-state index >= 15 is 0 Å². The molecular formula is C12H24O4. The predicted octanol–water partition coefficient (Wildman–Crippen LogP) is 1.62. The molecule has 0 saturated carbocycles. The lowest BCUT2D eigenvalue weighted by Gasteiger charge is -2.02. The molecule has 16 heavy (non-hydrogen) atoms. The summed E-state index contributed by atoms with van der Waals surface area (Å²) in [6, 6.07) is 0. The predicted molar refractivity (Wildman–Crippen MR) is 61.7 cm³/mol. The molecule has 2 fully saturated rings. The Bertz CT molecular complexity index is 137. The fourth-order valence-electron chi connectivity index (χ4n) is 0.876. The highest BCUT2D eigenvalue weighted by Gasteiger charge is 2.23. The number of hydrogen-bond donors (Lipinski definition) is 0. The first kappa shape index (κ1) is 13.9. The van der Waals surface area contributed by atoms with Crippen molar-refractivity contribution in [3.63, 3.8) is 0 Å². The summed E-state index contributed by atoms with van der Waals surface area (Å²) in [7, 11) is 0. The molecule has 2 aliphatic rings. The lowest BCUT2D eigenvalue weighted by atomic mass is 10.4. The van der Waals surface area contributed by atoms with Crippen LogP contribution in [0.15, 0.2) is 0 Å². The first-order valence-electron chi connectivity index (χ1n) is 6.25. The maximum Gasteiger partial charge on any atom is 0.104 e. The molecule has 2 atom stereocenters. The maximum absolute atomic E-state index is 5.27. The molecule has 0 radical (unpaired) electrons. The van der Waals surface area contributed by atoms with Crippen LogP contribution in [0, 0.1) is 0 Å². The van der Waals surface area contributed by atoms with Crippen molar-refractivity contribution in [2.75, 3.05) is 39.6 Å². The number of epoxide rings is 2. The minimum absolute atomic E-state index is 0.358. The normalized spacial score (nSPS) is 25.9. The Morgan fingerprint density at radius 1 is 0.875 bits per heavy atom. The van der Waals surface area contributed by atoms with Gasteiger partial charge in [-0.25, -0.2) is 0 Å². The van der Waals surface area contributed by atoms with Crippen molar-refractivity contribution in [2.24, 2.45) is 0 Å². The lowest BCUT2D eigenvalue weighted by molar-refractivity contribution is 0.0366. The van der Waals surface area contributed by atoms with Crippen LogP contribution in [0.1, 0.15) is 26.7 Å². The molecule has 2 unspecified atom stereocenters. The van der Waals surface area contributed by atoms with Crippen LogP contribution in [0.5, 0.6) is 0 Å². The van der Waals surface area contributed by atoms with Gasteiger partial charge in [-0.15, -0.1) is 0 Å². The zero-order valence-electron chi connectivity index (χ0n) is 10.4. The van der Waals surface area contributed by atoms with E-state index in [-0.39, 0.29) is 0 Å².